The summed E-state index contributed by atoms with van der Waals surface area (Å²) >= 11 is 8.81. The molecule has 3 aromatic rings. The normalized spacial score (nSPS) is 15.8. The summed E-state index contributed by atoms with van der Waals surface area (Å²) in [4.78, 5) is 11.2. The van der Waals surface area contributed by atoms with Gasteiger partial charge in [-0.3, -0.25) is 0 Å². The van der Waals surface area contributed by atoms with Crippen LogP contribution in [0.1, 0.15) is 13.3 Å². The molecule has 186 valence electrons. The number of aromatic nitrogens is 2. The zero-order valence-corrected chi connectivity index (χ0v) is 23.0. The molecule has 12 heteroatoms. The van der Waals surface area contributed by atoms with Crippen LogP contribution in [0.3, 0.4) is 0 Å². The van der Waals surface area contributed by atoms with Crippen molar-refractivity contribution in [2.24, 2.45) is 0 Å². The first-order valence-electron chi connectivity index (χ1n) is 11.1. The number of nitrogens with one attached hydrogen (secondary N) is 3. The molecule has 1 aliphatic rings. The predicted octanol–water partition coefficient (Wildman–Crippen LogP) is 4.94. The molecule has 0 amide bonds. The van der Waals surface area contributed by atoms with E-state index < -0.39 is 10.0 Å². The van der Waals surface area contributed by atoms with Crippen LogP contribution < -0.4 is 25.0 Å². The van der Waals surface area contributed by atoms with E-state index in [1.54, 1.807) is 18.2 Å². The minimum Gasteiger partial charge on any atom is -0.492 e. The molecule has 0 bridgehead atoms. The van der Waals surface area contributed by atoms with E-state index in [4.69, 9.17) is 16.3 Å². The number of hydrogen-bond acceptors (Lipinski definition) is 8. The van der Waals surface area contributed by atoms with E-state index in [0.29, 0.717) is 27.7 Å². The number of halogens is 2. The third-order valence-corrected chi connectivity index (χ3v) is 8.22. The van der Waals surface area contributed by atoms with Gasteiger partial charge in [0.05, 0.1) is 24.2 Å². The molecule has 1 fully saturated rings. The Morgan fingerprint density at radius 1 is 1.20 bits per heavy atom. The van der Waals surface area contributed by atoms with Crippen LogP contribution in [-0.4, -0.2) is 49.1 Å². The Balaban J connectivity index is 1.60. The number of para-hydroxylation sites is 1. The van der Waals surface area contributed by atoms with Crippen LogP contribution in [0.2, 0.25) is 5.02 Å². The monoisotopic (exact) mass is 628 g/mol. The minimum absolute atomic E-state index is 0.0802. The van der Waals surface area contributed by atoms with Crippen molar-refractivity contribution in [2.45, 2.75) is 22.2 Å². The van der Waals surface area contributed by atoms with Gasteiger partial charge in [-0.25, -0.2) is 18.1 Å². The van der Waals surface area contributed by atoms with Crippen molar-refractivity contribution >= 4 is 73.0 Å². The Bertz CT molecular complexity index is 1310. The molecule has 0 aliphatic carbocycles. The predicted molar refractivity (Wildman–Crippen MR) is 149 cm³/mol. The third-order valence-electron chi connectivity index (χ3n) is 5.45. The average molecular weight is 629 g/mol. The summed E-state index contributed by atoms with van der Waals surface area (Å²) in [5.41, 5.74) is 2.17. The Kier molecular flexibility index (Phi) is 8.19. The first kappa shape index (κ1) is 25.7. The number of ether oxygens (including phenoxy) is 1. The smallest absolute Gasteiger partial charge is 0.242 e. The summed E-state index contributed by atoms with van der Waals surface area (Å²) in [6, 6.07) is 12.5. The van der Waals surface area contributed by atoms with Crippen LogP contribution in [-0.2, 0) is 10.0 Å². The van der Waals surface area contributed by atoms with E-state index in [1.165, 1.54) is 19.3 Å². The Morgan fingerprint density at radius 2 is 2.00 bits per heavy atom. The van der Waals surface area contributed by atoms with Gasteiger partial charge in [-0.1, -0.05) is 46.3 Å². The third kappa shape index (κ3) is 6.08. The number of sulfonamides is 1. The maximum Gasteiger partial charge on any atom is 0.242 e. The van der Waals surface area contributed by atoms with Gasteiger partial charge in [0.15, 0.2) is 5.82 Å². The molecule has 0 saturated carbocycles. The highest BCUT2D eigenvalue weighted by atomic mass is 127. The highest BCUT2D eigenvalue weighted by molar-refractivity contribution is 14.1. The fraction of sp³-hybridized carbons (Fsp3) is 0.304. The molecule has 0 spiro atoms. The molecule has 2 aromatic carbocycles. The number of benzene rings is 2. The van der Waals surface area contributed by atoms with Crippen molar-refractivity contribution in [2.75, 3.05) is 42.3 Å². The van der Waals surface area contributed by atoms with E-state index in [0.717, 1.165) is 25.2 Å². The van der Waals surface area contributed by atoms with E-state index in [9.17, 15) is 8.42 Å². The van der Waals surface area contributed by atoms with Crippen LogP contribution >= 0.6 is 34.2 Å². The topological polar surface area (TPSA) is 108 Å². The second kappa shape index (κ2) is 11.1. The van der Waals surface area contributed by atoms with Gasteiger partial charge >= 0.3 is 0 Å². The Morgan fingerprint density at radius 3 is 2.71 bits per heavy atom. The van der Waals surface area contributed by atoms with Crippen LogP contribution in [0.4, 0.5) is 28.8 Å². The summed E-state index contributed by atoms with van der Waals surface area (Å²) in [7, 11) is -2.32. The van der Waals surface area contributed by atoms with E-state index in [-0.39, 0.29) is 21.7 Å². The van der Waals surface area contributed by atoms with Gasteiger partial charge in [0.1, 0.15) is 15.7 Å². The summed E-state index contributed by atoms with van der Waals surface area (Å²) in [6.45, 7) is 4.48. The van der Waals surface area contributed by atoms with Crippen LogP contribution in [0.25, 0.3) is 0 Å². The highest BCUT2D eigenvalue weighted by Gasteiger charge is 2.22. The van der Waals surface area contributed by atoms with E-state index >= 15 is 0 Å². The molecular weight excluding hydrogens is 603 g/mol. The maximum absolute atomic E-state index is 12.4. The molecule has 1 aromatic heterocycles. The molecule has 4 rings (SSSR count). The fourth-order valence-corrected chi connectivity index (χ4v) is 5.49. The summed E-state index contributed by atoms with van der Waals surface area (Å²) in [5.74, 6) is 1.25. The van der Waals surface area contributed by atoms with E-state index in [1.807, 2.05) is 25.1 Å². The Hall–Kier alpha value is -2.35. The van der Waals surface area contributed by atoms with Crippen molar-refractivity contribution in [1.29, 1.82) is 0 Å². The largest absolute Gasteiger partial charge is 0.492 e. The first-order valence-corrected chi connectivity index (χ1v) is 14.2. The van der Waals surface area contributed by atoms with Crippen molar-refractivity contribution in [3.63, 3.8) is 0 Å². The zero-order chi connectivity index (χ0) is 25.0. The van der Waals surface area contributed by atoms with Crippen LogP contribution in [0, 0.1) is 0 Å². The van der Waals surface area contributed by atoms with Crippen molar-refractivity contribution < 1.29 is 13.2 Å². The quantitative estimate of drug-likeness (QED) is 0.226. The number of alkyl halides is 1. The molecule has 1 saturated heterocycles. The lowest BCUT2D eigenvalue weighted by Gasteiger charge is -2.20. The summed E-state index contributed by atoms with van der Waals surface area (Å²) < 4.78 is 33.7. The molecule has 1 atom stereocenters. The molecule has 2 heterocycles. The van der Waals surface area contributed by atoms with Crippen LogP contribution in [0.5, 0.6) is 5.75 Å². The molecule has 9 nitrogen and oxygen atoms in total. The van der Waals surface area contributed by atoms with Crippen LogP contribution in [0.15, 0.2) is 53.6 Å². The van der Waals surface area contributed by atoms with Gasteiger partial charge in [-0.2, -0.15) is 4.98 Å². The van der Waals surface area contributed by atoms with Gasteiger partial charge in [-0.05, 0) is 44.7 Å². The van der Waals surface area contributed by atoms with Gasteiger partial charge in [0, 0.05) is 28.8 Å². The summed E-state index contributed by atoms with van der Waals surface area (Å²) in [6.07, 6.45) is 2.62. The molecule has 0 radical (unpaired) electrons. The van der Waals surface area contributed by atoms with Crippen molar-refractivity contribution in [1.82, 2.24) is 14.7 Å². The SMILES string of the molecule is CCOc1cc(N2CC[C@H](I)C2)ccc1Nc1ncc(Cl)c(Nc2ccccc2S(=O)(=O)NC)n1. The van der Waals surface area contributed by atoms with E-state index in [2.05, 4.69) is 52.8 Å². The minimum atomic E-state index is -3.68. The first-order chi connectivity index (χ1) is 16.8. The molecule has 35 heavy (non-hydrogen) atoms. The zero-order valence-electron chi connectivity index (χ0n) is 19.3. The maximum atomic E-state index is 12.4. The number of rotatable bonds is 9. The number of anilines is 5. The molecule has 3 N–H and O–H groups in total. The fourth-order valence-electron chi connectivity index (χ4n) is 3.72. The summed E-state index contributed by atoms with van der Waals surface area (Å²) in [5, 5.41) is 6.46. The Labute approximate surface area is 223 Å². The van der Waals surface area contributed by atoms with Crippen molar-refractivity contribution in [3.8, 4) is 5.75 Å². The highest BCUT2D eigenvalue weighted by Crippen LogP contribution is 2.35. The second-order valence-corrected chi connectivity index (χ2v) is 11.8. The number of nitrogens with zero attached hydrogens (tertiary/aromatic N) is 3. The lowest BCUT2D eigenvalue weighted by molar-refractivity contribution is 0.342. The van der Waals surface area contributed by atoms with Gasteiger partial charge < -0.3 is 20.3 Å². The van der Waals surface area contributed by atoms with Gasteiger partial charge in [0.2, 0.25) is 16.0 Å². The lowest BCUT2D eigenvalue weighted by atomic mass is 10.2. The van der Waals surface area contributed by atoms with Gasteiger partial charge in [-0.15, -0.1) is 0 Å². The van der Waals surface area contributed by atoms with Crippen molar-refractivity contribution in [3.05, 3.63) is 53.7 Å². The van der Waals surface area contributed by atoms with Gasteiger partial charge in [0.25, 0.3) is 0 Å². The average Bonchev–Trinajstić information content (AvgIpc) is 3.29. The lowest BCUT2D eigenvalue weighted by Crippen LogP contribution is -2.19. The number of hydrogen-bond donors (Lipinski definition) is 3. The standard InChI is InChI=1S/C23H26ClIN6O3S/c1-3-34-20-12-16(31-11-10-15(25)14-31)8-9-18(20)29-23-27-13-17(24)22(30-23)28-19-6-4-5-7-21(19)35(32,33)26-2/h4-9,12-13,15,26H,3,10-11,14H2,1-2H3,(H2,27,28,29,30)/t15-/m0/s1. The second-order valence-electron chi connectivity index (χ2n) is 7.79. The molecule has 0 unspecified atom stereocenters. The molecular formula is C23H26ClIN6O3S. The molecule has 1 aliphatic heterocycles.